The summed E-state index contributed by atoms with van der Waals surface area (Å²) in [7, 11) is 0. The van der Waals surface area contributed by atoms with E-state index in [1.807, 2.05) is 56.0 Å². The van der Waals surface area contributed by atoms with Gasteiger partial charge in [-0.15, -0.1) is 6.58 Å². The Kier molecular flexibility index (Phi) is 18.5. The van der Waals surface area contributed by atoms with Gasteiger partial charge in [0.25, 0.3) is 0 Å². The van der Waals surface area contributed by atoms with Crippen LogP contribution in [-0.2, 0) is 20.9 Å². The van der Waals surface area contributed by atoms with Gasteiger partial charge in [0.05, 0.1) is 18.2 Å². The van der Waals surface area contributed by atoms with Crippen molar-refractivity contribution in [2.75, 3.05) is 52.9 Å². The molecule has 12 heteroatoms. The third-order valence-electron chi connectivity index (χ3n) is 14.3. The van der Waals surface area contributed by atoms with Gasteiger partial charge in [0.15, 0.2) is 11.5 Å². The second-order valence-corrected chi connectivity index (χ2v) is 20.5. The number of benzene rings is 2. The highest BCUT2D eigenvalue weighted by Gasteiger charge is 2.65. The van der Waals surface area contributed by atoms with E-state index in [-0.39, 0.29) is 50.3 Å². The second-order valence-electron chi connectivity index (χ2n) is 20.5. The van der Waals surface area contributed by atoms with Gasteiger partial charge in [-0.05, 0) is 106 Å². The van der Waals surface area contributed by atoms with Gasteiger partial charge in [-0.3, -0.25) is 9.69 Å². The monoisotopic (exact) mass is 928 g/mol. The summed E-state index contributed by atoms with van der Waals surface area (Å²) in [6.45, 7) is 17.0. The van der Waals surface area contributed by atoms with Crippen LogP contribution in [0.2, 0.25) is 0 Å². The summed E-state index contributed by atoms with van der Waals surface area (Å²) < 4.78 is 32.9. The topological polar surface area (TPSA) is 132 Å². The molecule has 6 atom stereocenters. The molecule has 1 amide bonds. The molecule has 0 bridgehead atoms. The largest absolute Gasteiger partial charge is 0.492 e. The minimum Gasteiger partial charge on any atom is -0.492 e. The first-order valence-corrected chi connectivity index (χ1v) is 25.9. The van der Waals surface area contributed by atoms with Crippen LogP contribution in [0.4, 0.5) is 0 Å². The summed E-state index contributed by atoms with van der Waals surface area (Å²) in [5.41, 5.74) is 3.21. The first-order chi connectivity index (χ1) is 32.6. The van der Waals surface area contributed by atoms with Gasteiger partial charge >= 0.3 is 0 Å². The van der Waals surface area contributed by atoms with Crippen LogP contribution in [0.15, 0.2) is 65.9 Å². The van der Waals surface area contributed by atoms with Crippen LogP contribution >= 0.6 is 0 Å². The number of aliphatic hydroxyl groups is 2. The Morgan fingerprint density at radius 3 is 2.34 bits per heavy atom. The van der Waals surface area contributed by atoms with Crippen LogP contribution in [0.3, 0.4) is 0 Å². The average Bonchev–Trinajstić information content (AvgIpc) is 4.03. The fraction of sp³-hybridized carbons (Fsp3) is 0.673. The summed E-state index contributed by atoms with van der Waals surface area (Å²) in [5, 5.41) is 25.1. The number of fused-ring (bicyclic) bond motifs is 3. The quantitative estimate of drug-likeness (QED) is 0.0352. The van der Waals surface area contributed by atoms with E-state index in [1.54, 1.807) is 6.08 Å². The Hall–Kier alpha value is -4.10. The summed E-state index contributed by atoms with van der Waals surface area (Å²) in [4.78, 5) is 26.1. The molecule has 0 unspecified atom stereocenters. The smallest absolute Gasteiger partial charge is 0.239 e. The molecular formula is C55H81N3O9. The lowest BCUT2D eigenvalue weighted by Crippen LogP contribution is -2.70. The van der Waals surface area contributed by atoms with Crippen molar-refractivity contribution in [1.29, 1.82) is 0 Å². The molecule has 3 aliphatic heterocycles. The van der Waals surface area contributed by atoms with E-state index < -0.39 is 23.3 Å². The van der Waals surface area contributed by atoms with Crippen LogP contribution in [0.5, 0.6) is 23.0 Å². The molecule has 370 valence electrons. The maximum absolute atomic E-state index is 15.3. The number of amides is 1. The minimum atomic E-state index is -1.35. The van der Waals surface area contributed by atoms with E-state index in [2.05, 4.69) is 30.5 Å². The van der Waals surface area contributed by atoms with E-state index in [9.17, 15) is 10.2 Å². The third kappa shape index (κ3) is 13.2. The van der Waals surface area contributed by atoms with Crippen molar-refractivity contribution in [2.24, 2.45) is 22.9 Å². The van der Waals surface area contributed by atoms with Gasteiger partial charge in [-0.2, -0.15) is 0 Å². The molecular weight excluding hydrogens is 847 g/mol. The van der Waals surface area contributed by atoms with Crippen molar-refractivity contribution in [3.8, 4) is 23.0 Å². The summed E-state index contributed by atoms with van der Waals surface area (Å²) in [6.07, 6.45) is 20.2. The van der Waals surface area contributed by atoms with Crippen LogP contribution < -0.4 is 18.9 Å². The molecule has 2 aromatic carbocycles. The zero-order chi connectivity index (χ0) is 47.2. The Morgan fingerprint density at radius 1 is 0.910 bits per heavy atom. The average molecular weight is 928 g/mol. The minimum absolute atomic E-state index is 0.0361. The Labute approximate surface area is 401 Å². The summed E-state index contributed by atoms with van der Waals surface area (Å²) in [5.74, 6) is 1.26. The molecule has 0 spiro atoms. The molecule has 3 heterocycles. The first-order valence-electron chi connectivity index (χ1n) is 25.9. The molecule has 12 nitrogen and oxygen atoms in total. The van der Waals surface area contributed by atoms with Gasteiger partial charge in [-0.1, -0.05) is 94.5 Å². The van der Waals surface area contributed by atoms with Crippen molar-refractivity contribution in [2.45, 2.75) is 167 Å². The van der Waals surface area contributed by atoms with Crippen molar-refractivity contribution < 1.29 is 43.5 Å². The Morgan fingerprint density at radius 2 is 1.63 bits per heavy atom. The number of allylic oxidation sites excluding steroid dienone is 1. The zero-order valence-electron chi connectivity index (χ0n) is 41.2. The normalized spacial score (nSPS) is 24.4. The molecule has 1 saturated heterocycles. The molecule has 2 N–H and O–H groups in total. The van der Waals surface area contributed by atoms with E-state index in [0.717, 1.165) is 98.5 Å². The number of aliphatic hydroxyl groups excluding tert-OH is 2. The lowest BCUT2D eigenvalue weighted by Gasteiger charge is -2.60. The van der Waals surface area contributed by atoms with Crippen LogP contribution in [-0.4, -0.2) is 102 Å². The summed E-state index contributed by atoms with van der Waals surface area (Å²) in [6, 6.07) is 11.5. The van der Waals surface area contributed by atoms with Crippen LogP contribution in [0.25, 0.3) is 0 Å². The van der Waals surface area contributed by atoms with Crippen molar-refractivity contribution in [1.82, 2.24) is 9.80 Å². The zero-order valence-corrected chi connectivity index (χ0v) is 41.2. The number of hydrogen-bond acceptors (Lipinski definition) is 11. The number of nitrogens with zero attached hydrogens (tertiary/aromatic N) is 3. The standard InChI is InChI=1S/C55H81N3O9/c1-6-8-9-10-11-12-13-14-15-22-51(61)58(38-40-23-25-48-49(34-40)64-39-63-48)50-37-46(56-67-54(3,4)5)44-35-41(20-16-18-30-59)43(21-17-19-31-60)52-45-36-42(62-33-29-57-27-28-57)24-26-47(45)66-55(50,53(44)52)65-32-7-2/h7,23-26,34-36,41,43,50,52-53,59-60H,2,6,8-22,27-33,37-39H2,1,3-5H3/t41-,43+,50-,52+,53+,55+/m0/s1. The van der Waals surface area contributed by atoms with Gasteiger partial charge in [-0.25, -0.2) is 0 Å². The predicted octanol–water partition coefficient (Wildman–Crippen LogP) is 10.5. The molecule has 7 rings (SSSR count). The predicted molar refractivity (Wildman–Crippen MR) is 263 cm³/mol. The highest BCUT2D eigenvalue weighted by Crippen LogP contribution is 2.62. The highest BCUT2D eigenvalue weighted by molar-refractivity contribution is 6.03. The fourth-order valence-corrected chi connectivity index (χ4v) is 10.9. The van der Waals surface area contributed by atoms with Gasteiger partial charge in [0, 0.05) is 63.7 Å². The maximum atomic E-state index is 15.3. The number of oxime groups is 1. The third-order valence-corrected chi connectivity index (χ3v) is 14.3. The van der Waals surface area contributed by atoms with Gasteiger partial charge in [0.2, 0.25) is 18.5 Å². The molecule has 2 aromatic rings. The van der Waals surface area contributed by atoms with Crippen molar-refractivity contribution in [3.63, 3.8) is 0 Å². The molecule has 2 fully saturated rings. The van der Waals surface area contributed by atoms with Crippen molar-refractivity contribution >= 4 is 11.6 Å². The first kappa shape index (κ1) is 50.8. The highest BCUT2D eigenvalue weighted by atomic mass is 16.7. The molecule has 1 saturated carbocycles. The van der Waals surface area contributed by atoms with E-state index in [0.29, 0.717) is 50.3 Å². The number of ether oxygens (including phenoxy) is 5. The Bertz CT molecular complexity index is 1980. The van der Waals surface area contributed by atoms with Crippen LogP contribution in [0.1, 0.15) is 154 Å². The SMILES string of the molecule is C=CCO[C@@]12Oc3ccc(OCCN4CC4)cc3[C@H]3[C@H](CCCCO)[C@@H](CCCCO)C=C(C(=NOC(C)(C)C)C[C@@H]1N(Cc1ccc4c(c1)OCO4)C(=O)CCCCCCCCCCC)[C@H]32. The van der Waals surface area contributed by atoms with E-state index in [1.165, 1.54) is 38.5 Å². The lowest BCUT2D eigenvalue weighted by molar-refractivity contribution is -0.258. The van der Waals surface area contributed by atoms with E-state index in [4.69, 9.17) is 33.7 Å². The fourth-order valence-electron chi connectivity index (χ4n) is 10.9. The molecule has 5 aliphatic rings. The number of carbonyl (C=O) groups excluding carboxylic acids is 1. The number of hydrogen-bond donors (Lipinski definition) is 2. The molecule has 67 heavy (non-hydrogen) atoms. The molecule has 0 aromatic heterocycles. The number of carbonyl (C=O) groups is 1. The Balaban J connectivity index is 1.35. The van der Waals surface area contributed by atoms with Gasteiger partial charge in [0.1, 0.15) is 29.7 Å². The number of rotatable bonds is 29. The van der Waals surface area contributed by atoms with Gasteiger partial charge < -0.3 is 43.6 Å². The van der Waals surface area contributed by atoms with E-state index >= 15 is 4.79 Å². The molecule has 2 aliphatic carbocycles. The lowest BCUT2D eigenvalue weighted by atomic mass is 9.55. The summed E-state index contributed by atoms with van der Waals surface area (Å²) >= 11 is 0. The van der Waals surface area contributed by atoms with Crippen LogP contribution in [0, 0.1) is 17.8 Å². The second kappa shape index (κ2) is 24.4. The number of unbranched alkanes of at least 4 members (excludes halogenated alkanes) is 10. The maximum Gasteiger partial charge on any atom is 0.239 e. The molecule has 0 radical (unpaired) electrons. The van der Waals surface area contributed by atoms with Crippen molar-refractivity contribution in [3.05, 3.63) is 71.8 Å².